The molecule has 1 aliphatic heterocycles. The monoisotopic (exact) mass is 377 g/mol. The Labute approximate surface area is 156 Å². The van der Waals surface area contributed by atoms with Crippen molar-refractivity contribution < 1.29 is 14.3 Å². The summed E-state index contributed by atoms with van der Waals surface area (Å²) in [5.41, 5.74) is 2.12. The minimum absolute atomic E-state index is 0.263. The van der Waals surface area contributed by atoms with Crippen molar-refractivity contribution in [2.45, 2.75) is 25.5 Å². The van der Waals surface area contributed by atoms with Crippen molar-refractivity contribution in [3.8, 4) is 0 Å². The number of esters is 1. The van der Waals surface area contributed by atoms with Gasteiger partial charge in [-0.25, -0.2) is 4.79 Å². The number of hydrogen-bond donors (Lipinski definition) is 0. The average molecular weight is 378 g/mol. The van der Waals surface area contributed by atoms with Crippen LogP contribution in [0.3, 0.4) is 0 Å². The lowest BCUT2D eigenvalue weighted by molar-refractivity contribution is -0.141. The van der Waals surface area contributed by atoms with Crippen LogP contribution in [0, 0.1) is 0 Å². The molecule has 0 N–H and O–H groups in total. The molecule has 2 unspecified atom stereocenters. The number of benzene rings is 2. The van der Waals surface area contributed by atoms with Crippen LogP contribution in [0.2, 0.25) is 10.0 Å². The summed E-state index contributed by atoms with van der Waals surface area (Å²) in [6.45, 7) is 1.87. The molecule has 0 bridgehead atoms. The molecule has 2 atom stereocenters. The predicted molar refractivity (Wildman–Crippen MR) is 97.0 cm³/mol. The van der Waals surface area contributed by atoms with Crippen molar-refractivity contribution in [2.24, 2.45) is 0 Å². The van der Waals surface area contributed by atoms with Gasteiger partial charge in [-0.05, 0) is 36.2 Å². The van der Waals surface area contributed by atoms with Crippen molar-refractivity contribution in [3.63, 3.8) is 0 Å². The molecule has 0 aliphatic carbocycles. The first-order valence-corrected chi connectivity index (χ1v) is 8.64. The fraction of sp³-hybridized carbons (Fsp3) is 0.263. The van der Waals surface area contributed by atoms with Crippen LogP contribution >= 0.6 is 23.2 Å². The smallest absolute Gasteiger partial charge is 0.339 e. The number of carbonyl (C=O) groups is 2. The van der Waals surface area contributed by atoms with Crippen molar-refractivity contribution in [1.82, 2.24) is 4.90 Å². The molecule has 0 aromatic heterocycles. The van der Waals surface area contributed by atoms with Crippen LogP contribution in [0.25, 0.3) is 0 Å². The van der Waals surface area contributed by atoms with Gasteiger partial charge >= 0.3 is 5.97 Å². The highest BCUT2D eigenvalue weighted by molar-refractivity contribution is 6.35. The largest absolute Gasteiger partial charge is 0.448 e. The van der Waals surface area contributed by atoms with E-state index in [1.54, 1.807) is 42.3 Å². The van der Waals surface area contributed by atoms with Crippen LogP contribution in [0.5, 0.6) is 0 Å². The second-order valence-corrected chi connectivity index (χ2v) is 6.89. The summed E-state index contributed by atoms with van der Waals surface area (Å²) >= 11 is 12.2. The number of rotatable bonds is 3. The molecule has 1 aliphatic rings. The van der Waals surface area contributed by atoms with Gasteiger partial charge in [-0.3, -0.25) is 4.79 Å². The molecule has 25 heavy (non-hydrogen) atoms. The topological polar surface area (TPSA) is 46.6 Å². The molecule has 3 rings (SSSR count). The SMILES string of the molecule is CC(c1ccc(Cl)cc1Cl)N(C)C(=O)C1Cc2ccccc2C(=O)O1. The lowest BCUT2D eigenvalue weighted by atomic mass is 9.97. The van der Waals surface area contributed by atoms with E-state index in [4.69, 9.17) is 27.9 Å². The van der Waals surface area contributed by atoms with Crippen LogP contribution in [-0.2, 0) is 16.0 Å². The van der Waals surface area contributed by atoms with Gasteiger partial charge in [-0.1, -0.05) is 47.5 Å². The Bertz CT molecular complexity index is 837. The van der Waals surface area contributed by atoms with E-state index in [-0.39, 0.29) is 11.9 Å². The normalized spacial score (nSPS) is 17.4. The summed E-state index contributed by atoms with van der Waals surface area (Å²) in [6, 6.07) is 12.1. The fourth-order valence-corrected chi connectivity index (χ4v) is 3.50. The highest BCUT2D eigenvalue weighted by atomic mass is 35.5. The molecule has 130 valence electrons. The molecule has 0 saturated carbocycles. The van der Waals surface area contributed by atoms with E-state index in [0.717, 1.165) is 11.1 Å². The number of nitrogens with zero attached hydrogens (tertiary/aromatic N) is 1. The number of carbonyl (C=O) groups excluding carboxylic acids is 2. The van der Waals surface area contributed by atoms with Crippen LogP contribution in [0.4, 0.5) is 0 Å². The summed E-state index contributed by atoms with van der Waals surface area (Å²) in [6.07, 6.45) is -0.465. The number of fused-ring (bicyclic) bond motifs is 1. The molecule has 2 aromatic carbocycles. The molecule has 0 radical (unpaired) electrons. The summed E-state index contributed by atoms with van der Waals surface area (Å²) in [5.74, 6) is -0.729. The zero-order valence-electron chi connectivity index (χ0n) is 13.8. The molecule has 4 nitrogen and oxygen atoms in total. The molecule has 2 aromatic rings. The number of hydrogen-bond acceptors (Lipinski definition) is 3. The van der Waals surface area contributed by atoms with Gasteiger partial charge in [0.2, 0.25) is 0 Å². The molecule has 6 heteroatoms. The maximum Gasteiger partial charge on any atom is 0.339 e. The van der Waals surface area contributed by atoms with Gasteiger partial charge in [0.05, 0.1) is 11.6 Å². The van der Waals surface area contributed by atoms with Gasteiger partial charge in [0, 0.05) is 23.5 Å². The van der Waals surface area contributed by atoms with Crippen LogP contribution in [0.15, 0.2) is 42.5 Å². The summed E-state index contributed by atoms with van der Waals surface area (Å²) < 4.78 is 5.35. The quantitative estimate of drug-likeness (QED) is 0.749. The lowest BCUT2D eigenvalue weighted by Gasteiger charge is -2.31. The van der Waals surface area contributed by atoms with Gasteiger partial charge in [0.25, 0.3) is 5.91 Å². The highest BCUT2D eigenvalue weighted by Crippen LogP contribution is 2.30. The van der Waals surface area contributed by atoms with Crippen molar-refractivity contribution in [1.29, 1.82) is 0 Å². The molecule has 1 amide bonds. The molecular weight excluding hydrogens is 361 g/mol. The summed E-state index contributed by atoms with van der Waals surface area (Å²) in [4.78, 5) is 26.5. The Morgan fingerprint density at radius 3 is 2.68 bits per heavy atom. The van der Waals surface area contributed by atoms with Gasteiger partial charge in [0.1, 0.15) is 0 Å². The molecule has 0 fully saturated rings. The third-order valence-electron chi connectivity index (χ3n) is 4.51. The molecule has 0 saturated heterocycles. The van der Waals surface area contributed by atoms with E-state index in [9.17, 15) is 9.59 Å². The Hall–Kier alpha value is -2.04. The zero-order valence-corrected chi connectivity index (χ0v) is 15.3. The first-order chi connectivity index (χ1) is 11.9. The van der Waals surface area contributed by atoms with Crippen LogP contribution < -0.4 is 0 Å². The van der Waals surface area contributed by atoms with Gasteiger partial charge in [0.15, 0.2) is 6.10 Å². The first kappa shape index (κ1) is 17.8. The number of ether oxygens (including phenoxy) is 1. The van der Waals surface area contributed by atoms with E-state index >= 15 is 0 Å². The minimum Gasteiger partial charge on any atom is -0.448 e. The van der Waals surface area contributed by atoms with E-state index in [1.165, 1.54) is 0 Å². The lowest BCUT2D eigenvalue weighted by Crippen LogP contribution is -2.43. The number of halogens is 2. The number of cyclic esters (lactones) is 1. The Balaban J connectivity index is 1.80. The predicted octanol–water partition coefficient (Wildman–Crippen LogP) is 4.29. The maximum absolute atomic E-state index is 12.8. The molecule has 0 spiro atoms. The van der Waals surface area contributed by atoms with Crippen molar-refractivity contribution in [3.05, 3.63) is 69.2 Å². The Kier molecular flexibility index (Phi) is 5.02. The maximum atomic E-state index is 12.8. The fourth-order valence-electron chi connectivity index (χ4n) is 2.94. The second kappa shape index (κ2) is 7.06. The Morgan fingerprint density at radius 2 is 1.96 bits per heavy atom. The van der Waals surface area contributed by atoms with E-state index in [0.29, 0.717) is 22.0 Å². The standard InChI is InChI=1S/C19H17Cl2NO3/c1-11(14-8-7-13(20)10-16(14)21)22(2)18(23)17-9-12-5-3-4-6-15(12)19(24)25-17/h3-8,10-11,17H,9H2,1-2H3. The zero-order chi connectivity index (χ0) is 18.1. The highest BCUT2D eigenvalue weighted by Gasteiger charge is 2.34. The summed E-state index contributed by atoms with van der Waals surface area (Å²) in [5, 5.41) is 1.03. The number of amides is 1. The van der Waals surface area contributed by atoms with Crippen LogP contribution in [0.1, 0.15) is 34.5 Å². The van der Waals surface area contributed by atoms with Gasteiger partial charge in [-0.15, -0.1) is 0 Å². The third kappa shape index (κ3) is 3.51. The van der Waals surface area contributed by atoms with E-state index < -0.39 is 12.1 Å². The Morgan fingerprint density at radius 1 is 1.24 bits per heavy atom. The van der Waals surface area contributed by atoms with E-state index in [1.807, 2.05) is 19.1 Å². The molecule has 1 heterocycles. The van der Waals surface area contributed by atoms with Crippen molar-refractivity contribution in [2.75, 3.05) is 7.05 Å². The third-order valence-corrected chi connectivity index (χ3v) is 5.07. The molecular formula is C19H17Cl2NO3. The van der Waals surface area contributed by atoms with E-state index in [2.05, 4.69) is 0 Å². The first-order valence-electron chi connectivity index (χ1n) is 7.89. The van der Waals surface area contributed by atoms with Gasteiger partial charge < -0.3 is 9.64 Å². The van der Waals surface area contributed by atoms with Gasteiger partial charge in [-0.2, -0.15) is 0 Å². The van der Waals surface area contributed by atoms with Crippen molar-refractivity contribution >= 4 is 35.1 Å². The van der Waals surface area contributed by atoms with Crippen LogP contribution in [-0.4, -0.2) is 29.9 Å². The summed E-state index contributed by atoms with van der Waals surface area (Å²) in [7, 11) is 1.67. The second-order valence-electron chi connectivity index (χ2n) is 6.05. The number of likely N-dealkylation sites (N-methyl/N-ethyl adjacent to an activating group) is 1. The minimum atomic E-state index is -0.832. The average Bonchev–Trinajstić information content (AvgIpc) is 2.60.